The van der Waals surface area contributed by atoms with Gasteiger partial charge in [-0.15, -0.1) is 11.8 Å². The predicted octanol–water partition coefficient (Wildman–Crippen LogP) is 3.53. The lowest BCUT2D eigenvalue weighted by molar-refractivity contribution is -0.384. The molecule has 0 aliphatic heterocycles. The molecule has 21 heavy (non-hydrogen) atoms. The Balaban J connectivity index is 1.76. The summed E-state index contributed by atoms with van der Waals surface area (Å²) in [6.07, 6.45) is 7.08. The highest BCUT2D eigenvalue weighted by Crippen LogP contribution is 2.22. The molecule has 1 aromatic rings. The van der Waals surface area contributed by atoms with Crippen molar-refractivity contribution < 1.29 is 9.72 Å². The van der Waals surface area contributed by atoms with Gasteiger partial charge in [-0.3, -0.25) is 14.9 Å². The van der Waals surface area contributed by atoms with Gasteiger partial charge in [0.05, 0.1) is 10.7 Å². The maximum Gasteiger partial charge on any atom is 0.269 e. The summed E-state index contributed by atoms with van der Waals surface area (Å²) in [6, 6.07) is 6.61. The number of thioether (sulfide) groups is 1. The molecule has 1 amide bonds. The largest absolute Gasteiger partial charge is 0.353 e. The van der Waals surface area contributed by atoms with Gasteiger partial charge in [-0.2, -0.15) is 0 Å². The monoisotopic (exact) mass is 308 g/mol. The summed E-state index contributed by atoms with van der Waals surface area (Å²) in [4.78, 5) is 22.9. The van der Waals surface area contributed by atoms with Crippen molar-refractivity contribution in [2.75, 3.05) is 5.75 Å². The lowest BCUT2D eigenvalue weighted by Crippen LogP contribution is -2.35. The van der Waals surface area contributed by atoms with Gasteiger partial charge in [-0.1, -0.05) is 25.7 Å². The van der Waals surface area contributed by atoms with Gasteiger partial charge in [-0.25, -0.2) is 0 Å². The molecule has 0 radical (unpaired) electrons. The van der Waals surface area contributed by atoms with E-state index in [4.69, 9.17) is 0 Å². The van der Waals surface area contributed by atoms with E-state index in [0.29, 0.717) is 11.8 Å². The van der Waals surface area contributed by atoms with Crippen molar-refractivity contribution in [2.24, 2.45) is 0 Å². The van der Waals surface area contributed by atoms with Crippen LogP contribution in [-0.4, -0.2) is 22.6 Å². The van der Waals surface area contributed by atoms with Crippen molar-refractivity contribution in [3.63, 3.8) is 0 Å². The first-order valence-corrected chi connectivity index (χ1v) is 8.30. The average Bonchev–Trinajstić information content (AvgIpc) is 2.74. The fourth-order valence-electron chi connectivity index (χ4n) is 2.51. The van der Waals surface area contributed by atoms with E-state index in [2.05, 4.69) is 5.32 Å². The number of hydrogen-bond donors (Lipinski definition) is 1. The van der Waals surface area contributed by atoms with Crippen LogP contribution < -0.4 is 5.32 Å². The fourth-order valence-corrected chi connectivity index (χ4v) is 3.22. The first-order chi connectivity index (χ1) is 10.1. The van der Waals surface area contributed by atoms with Crippen molar-refractivity contribution in [1.82, 2.24) is 5.32 Å². The van der Waals surface area contributed by atoms with Crippen LogP contribution in [0.25, 0.3) is 0 Å². The SMILES string of the molecule is O=C(CSc1ccc([N+](=O)[O-])cc1)NC1CCCCCC1. The molecule has 0 unspecified atom stereocenters. The Bertz CT molecular complexity index is 482. The van der Waals surface area contributed by atoms with Crippen LogP contribution in [-0.2, 0) is 4.79 Å². The van der Waals surface area contributed by atoms with Crippen LogP contribution in [0.3, 0.4) is 0 Å². The first kappa shape index (κ1) is 15.8. The molecule has 1 aromatic carbocycles. The number of carbonyl (C=O) groups excluding carboxylic acids is 1. The van der Waals surface area contributed by atoms with Crippen molar-refractivity contribution in [3.05, 3.63) is 34.4 Å². The molecule has 0 heterocycles. The van der Waals surface area contributed by atoms with Crippen LogP contribution >= 0.6 is 11.8 Å². The Kier molecular flexibility index (Phi) is 6.04. The summed E-state index contributed by atoms with van der Waals surface area (Å²) in [6.45, 7) is 0. The van der Waals surface area contributed by atoms with Crippen molar-refractivity contribution in [3.8, 4) is 0 Å². The van der Waals surface area contributed by atoms with E-state index in [1.807, 2.05) is 0 Å². The molecular formula is C15H20N2O3S. The predicted molar refractivity (Wildman–Crippen MR) is 83.5 cm³/mol. The zero-order valence-corrected chi connectivity index (χ0v) is 12.7. The first-order valence-electron chi connectivity index (χ1n) is 7.32. The number of nitro benzene ring substituents is 1. The van der Waals surface area contributed by atoms with Crippen LogP contribution in [0.2, 0.25) is 0 Å². The number of carbonyl (C=O) groups is 1. The van der Waals surface area contributed by atoms with Crippen LogP contribution in [0.1, 0.15) is 38.5 Å². The molecule has 2 rings (SSSR count). The molecule has 6 heteroatoms. The summed E-state index contributed by atoms with van der Waals surface area (Å²) in [5.41, 5.74) is 0.0715. The number of rotatable bonds is 5. The van der Waals surface area contributed by atoms with E-state index in [1.54, 1.807) is 12.1 Å². The van der Waals surface area contributed by atoms with Gasteiger partial charge in [0.1, 0.15) is 0 Å². The Labute approximate surface area is 128 Å². The van der Waals surface area contributed by atoms with Crippen LogP contribution in [0.5, 0.6) is 0 Å². The Morgan fingerprint density at radius 2 is 1.81 bits per heavy atom. The lowest BCUT2D eigenvalue weighted by atomic mass is 10.1. The molecule has 0 saturated heterocycles. The molecule has 1 N–H and O–H groups in total. The molecule has 1 aliphatic rings. The van der Waals surface area contributed by atoms with E-state index >= 15 is 0 Å². The van der Waals surface area contributed by atoms with Gasteiger partial charge in [0.2, 0.25) is 5.91 Å². The maximum atomic E-state index is 11.9. The van der Waals surface area contributed by atoms with Gasteiger partial charge < -0.3 is 5.32 Å². The van der Waals surface area contributed by atoms with Crippen LogP contribution in [0.4, 0.5) is 5.69 Å². The second kappa shape index (κ2) is 8.02. The zero-order chi connectivity index (χ0) is 15.1. The minimum absolute atomic E-state index is 0.0465. The molecule has 0 spiro atoms. The van der Waals surface area contributed by atoms with Crippen LogP contribution in [0.15, 0.2) is 29.2 Å². The van der Waals surface area contributed by atoms with Crippen molar-refractivity contribution >= 4 is 23.4 Å². The number of nitro groups is 1. The van der Waals surface area contributed by atoms with Gasteiger partial charge >= 0.3 is 0 Å². The second-order valence-electron chi connectivity index (χ2n) is 5.30. The molecule has 0 bridgehead atoms. The number of nitrogens with zero attached hydrogens (tertiary/aromatic N) is 1. The summed E-state index contributed by atoms with van der Waals surface area (Å²) < 4.78 is 0. The Morgan fingerprint density at radius 1 is 1.19 bits per heavy atom. The van der Waals surface area contributed by atoms with E-state index in [1.165, 1.54) is 49.6 Å². The van der Waals surface area contributed by atoms with Gasteiger partial charge in [-0.05, 0) is 25.0 Å². The number of non-ortho nitro benzene ring substituents is 1. The Hall–Kier alpha value is -1.56. The third-order valence-corrected chi connectivity index (χ3v) is 4.65. The average molecular weight is 308 g/mol. The molecule has 1 aliphatic carbocycles. The number of benzene rings is 1. The molecule has 0 aromatic heterocycles. The van der Waals surface area contributed by atoms with E-state index < -0.39 is 4.92 Å². The second-order valence-corrected chi connectivity index (χ2v) is 6.34. The fraction of sp³-hybridized carbons (Fsp3) is 0.533. The smallest absolute Gasteiger partial charge is 0.269 e. The number of amides is 1. The molecule has 5 nitrogen and oxygen atoms in total. The molecule has 114 valence electrons. The summed E-state index contributed by atoms with van der Waals surface area (Å²) in [5.74, 6) is 0.402. The highest BCUT2D eigenvalue weighted by Gasteiger charge is 2.14. The summed E-state index contributed by atoms with van der Waals surface area (Å²) in [5, 5.41) is 13.7. The number of nitrogens with one attached hydrogen (secondary N) is 1. The normalized spacial score (nSPS) is 16.2. The maximum absolute atomic E-state index is 11.9. The van der Waals surface area contributed by atoms with E-state index in [0.717, 1.165) is 17.7 Å². The molecule has 0 atom stereocenters. The van der Waals surface area contributed by atoms with E-state index in [9.17, 15) is 14.9 Å². The topological polar surface area (TPSA) is 72.2 Å². The van der Waals surface area contributed by atoms with Gasteiger partial charge in [0.25, 0.3) is 5.69 Å². The van der Waals surface area contributed by atoms with Crippen LogP contribution in [0, 0.1) is 10.1 Å². The van der Waals surface area contributed by atoms with Gasteiger partial charge in [0.15, 0.2) is 0 Å². The third-order valence-electron chi connectivity index (χ3n) is 3.64. The minimum atomic E-state index is -0.423. The number of hydrogen-bond acceptors (Lipinski definition) is 4. The van der Waals surface area contributed by atoms with Crippen molar-refractivity contribution in [2.45, 2.75) is 49.5 Å². The standard InChI is InChI=1S/C15H20N2O3S/c18-15(16-12-5-3-1-2-4-6-12)11-21-14-9-7-13(8-10-14)17(19)20/h7-10,12H,1-6,11H2,(H,16,18). The quantitative estimate of drug-likeness (QED) is 0.391. The third kappa shape index (κ3) is 5.38. The molecule has 1 fully saturated rings. The summed E-state index contributed by atoms with van der Waals surface area (Å²) >= 11 is 1.41. The highest BCUT2D eigenvalue weighted by molar-refractivity contribution is 8.00. The van der Waals surface area contributed by atoms with Gasteiger partial charge in [0, 0.05) is 23.1 Å². The molecular weight excluding hydrogens is 288 g/mol. The summed E-state index contributed by atoms with van der Waals surface area (Å²) in [7, 11) is 0. The Morgan fingerprint density at radius 3 is 2.38 bits per heavy atom. The minimum Gasteiger partial charge on any atom is -0.353 e. The van der Waals surface area contributed by atoms with E-state index in [-0.39, 0.29) is 11.6 Å². The molecule has 1 saturated carbocycles. The lowest BCUT2D eigenvalue weighted by Gasteiger charge is -2.15. The van der Waals surface area contributed by atoms with Crippen molar-refractivity contribution in [1.29, 1.82) is 0 Å². The highest BCUT2D eigenvalue weighted by atomic mass is 32.2. The zero-order valence-electron chi connectivity index (χ0n) is 11.9.